The van der Waals surface area contributed by atoms with Gasteiger partial charge in [-0.25, -0.2) is 22.9 Å². The lowest BCUT2D eigenvalue weighted by Gasteiger charge is -2.17. The molecule has 0 aromatic carbocycles. The Balaban J connectivity index is 1.84. The van der Waals surface area contributed by atoms with Crippen LogP contribution in [0, 0.1) is 11.8 Å². The van der Waals surface area contributed by atoms with Crippen molar-refractivity contribution in [2.75, 3.05) is 7.11 Å². The molecular formula is C12H16N2O4S2. The van der Waals surface area contributed by atoms with Gasteiger partial charge in [0.25, 0.3) is 10.0 Å². The van der Waals surface area contributed by atoms with Crippen LogP contribution in [0.2, 0.25) is 0 Å². The van der Waals surface area contributed by atoms with Gasteiger partial charge in [0.1, 0.15) is 0 Å². The number of nitrogens with one attached hydrogen (secondary N) is 1. The van der Waals surface area contributed by atoms with Crippen molar-refractivity contribution >= 4 is 27.3 Å². The van der Waals surface area contributed by atoms with Crippen molar-refractivity contribution in [1.82, 2.24) is 9.71 Å². The number of aromatic nitrogens is 1. The molecule has 0 saturated heterocycles. The quantitative estimate of drug-likeness (QED) is 0.802. The summed E-state index contributed by atoms with van der Waals surface area (Å²) in [5.41, 5.74) is 1.22. The molecule has 1 N–H and O–H groups in total. The number of rotatable bonds is 6. The normalized spacial score (nSPS) is 19.3. The minimum Gasteiger partial charge on any atom is -0.464 e. The van der Waals surface area contributed by atoms with Gasteiger partial charge in [0.15, 0.2) is 9.90 Å². The maximum atomic E-state index is 12.5. The fourth-order valence-electron chi connectivity index (χ4n) is 2.38. The Bertz CT molecular complexity index is 605. The van der Waals surface area contributed by atoms with Crippen LogP contribution >= 0.6 is 11.3 Å². The van der Waals surface area contributed by atoms with Gasteiger partial charge in [-0.15, -0.1) is 11.3 Å². The second-order valence-electron chi connectivity index (χ2n) is 5.30. The van der Waals surface area contributed by atoms with E-state index in [1.165, 1.54) is 12.6 Å². The lowest BCUT2D eigenvalue weighted by Crippen LogP contribution is -2.38. The third-order valence-corrected chi connectivity index (χ3v) is 6.54. The number of carbonyl (C=O) groups is 1. The van der Waals surface area contributed by atoms with E-state index in [4.69, 9.17) is 0 Å². The van der Waals surface area contributed by atoms with Gasteiger partial charge in [0.2, 0.25) is 0 Å². The summed E-state index contributed by atoms with van der Waals surface area (Å²) in [5.74, 6) is 0.180. The van der Waals surface area contributed by atoms with Crippen molar-refractivity contribution in [2.45, 2.75) is 35.9 Å². The maximum absolute atomic E-state index is 12.5. The zero-order valence-corrected chi connectivity index (χ0v) is 12.7. The Hall–Kier alpha value is -0.990. The van der Waals surface area contributed by atoms with E-state index in [9.17, 15) is 13.2 Å². The van der Waals surface area contributed by atoms with Gasteiger partial charge >= 0.3 is 5.97 Å². The lowest BCUT2D eigenvalue weighted by atomic mass is 10.1. The van der Waals surface area contributed by atoms with Gasteiger partial charge in [0.05, 0.1) is 12.6 Å². The predicted molar refractivity (Wildman–Crippen MR) is 73.0 cm³/mol. The third-order valence-electron chi connectivity index (χ3n) is 3.71. The first-order chi connectivity index (χ1) is 9.53. The molecule has 0 aliphatic heterocycles. The number of sulfonamides is 1. The highest BCUT2D eigenvalue weighted by Crippen LogP contribution is 2.45. The highest BCUT2D eigenvalue weighted by molar-refractivity contribution is 7.91. The van der Waals surface area contributed by atoms with Crippen molar-refractivity contribution in [3.05, 3.63) is 11.2 Å². The topological polar surface area (TPSA) is 85.4 Å². The van der Waals surface area contributed by atoms with Crippen molar-refractivity contribution in [1.29, 1.82) is 0 Å². The monoisotopic (exact) mass is 316 g/mol. The van der Waals surface area contributed by atoms with Gasteiger partial charge < -0.3 is 4.74 Å². The van der Waals surface area contributed by atoms with Crippen LogP contribution in [0.25, 0.3) is 0 Å². The van der Waals surface area contributed by atoms with Gasteiger partial charge in [-0.05, 0) is 37.5 Å². The number of ether oxygens (including phenoxy) is 1. The zero-order chi connectivity index (χ0) is 14.3. The van der Waals surface area contributed by atoms with Crippen LogP contribution in [0.15, 0.2) is 9.72 Å². The van der Waals surface area contributed by atoms with Crippen LogP contribution in [0.3, 0.4) is 0 Å². The van der Waals surface area contributed by atoms with Gasteiger partial charge in [0, 0.05) is 6.04 Å². The average molecular weight is 316 g/mol. The molecule has 2 aliphatic rings. The summed E-state index contributed by atoms with van der Waals surface area (Å²) in [6.07, 6.45) is 4.32. The summed E-state index contributed by atoms with van der Waals surface area (Å²) < 4.78 is 32.2. The number of nitrogens with zero attached hydrogens (tertiary/aromatic N) is 1. The second kappa shape index (κ2) is 5.09. The number of methoxy groups -OCH3 is 1. The molecule has 0 atom stereocenters. The first-order valence-electron chi connectivity index (χ1n) is 6.57. The first kappa shape index (κ1) is 14.0. The molecule has 0 spiro atoms. The van der Waals surface area contributed by atoms with E-state index in [0.717, 1.165) is 37.0 Å². The molecule has 2 saturated carbocycles. The van der Waals surface area contributed by atoms with Crippen molar-refractivity contribution in [2.24, 2.45) is 11.8 Å². The van der Waals surface area contributed by atoms with Crippen LogP contribution in [-0.4, -0.2) is 32.5 Å². The lowest BCUT2D eigenvalue weighted by molar-refractivity contribution is 0.0590. The molecule has 2 fully saturated rings. The molecule has 0 bridgehead atoms. The SMILES string of the molecule is COC(=O)c1ncsc1S(=O)(=O)NC(C1CC1)C1CC1. The third kappa shape index (κ3) is 2.72. The standard InChI is InChI=1S/C12H16N2O4S2/c1-18-11(15)10-12(19-6-13-10)20(16,17)14-9(7-2-3-7)8-4-5-8/h6-9,14H,2-5H2,1H3. The molecule has 20 heavy (non-hydrogen) atoms. The highest BCUT2D eigenvalue weighted by atomic mass is 32.2. The highest BCUT2D eigenvalue weighted by Gasteiger charge is 2.44. The van der Waals surface area contributed by atoms with E-state index in [2.05, 4.69) is 14.4 Å². The number of hydrogen-bond acceptors (Lipinski definition) is 6. The number of thiazole rings is 1. The van der Waals surface area contributed by atoms with Gasteiger partial charge in [-0.2, -0.15) is 0 Å². The molecular weight excluding hydrogens is 300 g/mol. The molecule has 6 nitrogen and oxygen atoms in total. The molecule has 2 aliphatic carbocycles. The Labute approximate surface area is 121 Å². The molecule has 1 aromatic rings. The van der Waals surface area contributed by atoms with Crippen LogP contribution < -0.4 is 4.72 Å². The van der Waals surface area contributed by atoms with E-state index in [-0.39, 0.29) is 15.9 Å². The van der Waals surface area contributed by atoms with Crippen molar-refractivity contribution in [3.8, 4) is 0 Å². The number of esters is 1. The summed E-state index contributed by atoms with van der Waals surface area (Å²) in [7, 11) is -2.50. The van der Waals surface area contributed by atoms with E-state index in [1.54, 1.807) is 0 Å². The van der Waals surface area contributed by atoms with Gasteiger partial charge in [-0.3, -0.25) is 0 Å². The molecule has 3 rings (SSSR count). The summed E-state index contributed by atoms with van der Waals surface area (Å²) >= 11 is 0.944. The molecule has 8 heteroatoms. The largest absolute Gasteiger partial charge is 0.464 e. The van der Waals surface area contributed by atoms with E-state index < -0.39 is 16.0 Å². The summed E-state index contributed by atoms with van der Waals surface area (Å²) in [4.78, 5) is 15.4. The predicted octanol–water partition coefficient (Wildman–Crippen LogP) is 1.40. The Morgan fingerprint density at radius 1 is 1.40 bits per heavy atom. The Kier molecular flexibility index (Phi) is 3.55. The van der Waals surface area contributed by atoms with Crippen molar-refractivity contribution in [3.63, 3.8) is 0 Å². The summed E-state index contributed by atoms with van der Waals surface area (Å²) in [6, 6.07) is 0.00703. The van der Waals surface area contributed by atoms with E-state index in [0.29, 0.717) is 11.8 Å². The Morgan fingerprint density at radius 3 is 2.50 bits per heavy atom. The molecule has 110 valence electrons. The summed E-state index contributed by atoms with van der Waals surface area (Å²) in [6.45, 7) is 0. The number of carbonyl (C=O) groups excluding carboxylic acids is 1. The zero-order valence-electron chi connectivity index (χ0n) is 11.0. The summed E-state index contributed by atoms with van der Waals surface area (Å²) in [5, 5.41) is 0. The van der Waals surface area contributed by atoms with Gasteiger partial charge in [-0.1, -0.05) is 0 Å². The molecule has 0 radical (unpaired) electrons. The molecule has 1 heterocycles. The van der Waals surface area contributed by atoms with Crippen LogP contribution in [0.1, 0.15) is 36.2 Å². The Morgan fingerprint density at radius 2 is 2.00 bits per heavy atom. The minimum absolute atomic E-state index is 0.00703. The fourth-order valence-corrected chi connectivity index (χ4v) is 4.90. The smallest absolute Gasteiger partial charge is 0.358 e. The van der Waals surface area contributed by atoms with E-state index in [1.807, 2.05) is 0 Å². The fraction of sp³-hybridized carbons (Fsp3) is 0.667. The molecule has 0 amide bonds. The minimum atomic E-state index is -3.71. The first-order valence-corrected chi connectivity index (χ1v) is 8.93. The van der Waals surface area contributed by atoms with Crippen LogP contribution in [0.4, 0.5) is 0 Å². The van der Waals surface area contributed by atoms with Crippen LogP contribution in [0.5, 0.6) is 0 Å². The average Bonchev–Trinajstić information content (AvgIpc) is 3.33. The maximum Gasteiger partial charge on any atom is 0.358 e. The second-order valence-corrected chi connectivity index (χ2v) is 8.07. The number of hydrogen-bond donors (Lipinski definition) is 1. The van der Waals surface area contributed by atoms with E-state index >= 15 is 0 Å². The van der Waals surface area contributed by atoms with Crippen molar-refractivity contribution < 1.29 is 17.9 Å². The molecule has 1 aromatic heterocycles. The van der Waals surface area contributed by atoms with Crippen LogP contribution in [-0.2, 0) is 14.8 Å². The molecule has 0 unspecified atom stereocenters.